The number of fused-ring (bicyclic) bond motifs is 1. The van der Waals surface area contributed by atoms with E-state index in [4.69, 9.17) is 4.74 Å². The molecule has 0 aliphatic rings. The maximum atomic E-state index is 14.1. The van der Waals surface area contributed by atoms with Gasteiger partial charge in [-0.25, -0.2) is 13.6 Å². The summed E-state index contributed by atoms with van der Waals surface area (Å²) in [7, 11) is 0. The first-order valence-electron chi connectivity index (χ1n) is 9.85. The van der Waals surface area contributed by atoms with Crippen molar-refractivity contribution in [1.29, 1.82) is 0 Å². The van der Waals surface area contributed by atoms with Crippen molar-refractivity contribution in [3.05, 3.63) is 86.7 Å². The standard InChI is InChI=1S/C23H17F2N3O4S/c1-3-32-23(31)19-14-11-33-21(26-20(29)18-15(24)5-4-6-16(18)25)17(14)22(30)28(27-19)13-9-7-12(2)8-10-13/h4-11H,3H2,1-2H3,(H,26,29). The fourth-order valence-corrected chi connectivity index (χ4v) is 4.17. The minimum absolute atomic E-state index is 0.0243. The molecule has 4 aromatic rings. The lowest BCUT2D eigenvalue weighted by molar-refractivity contribution is 0.0520. The Morgan fingerprint density at radius 2 is 1.79 bits per heavy atom. The van der Waals surface area contributed by atoms with Gasteiger partial charge >= 0.3 is 5.97 Å². The number of esters is 1. The SMILES string of the molecule is CCOC(=O)c1nn(-c2ccc(C)cc2)c(=O)c2c(NC(=O)c3c(F)cccc3F)scc12. The average Bonchev–Trinajstić information content (AvgIpc) is 3.19. The van der Waals surface area contributed by atoms with E-state index < -0.39 is 34.6 Å². The Morgan fingerprint density at radius 3 is 2.42 bits per heavy atom. The highest BCUT2D eigenvalue weighted by Crippen LogP contribution is 2.31. The molecule has 2 aromatic carbocycles. The van der Waals surface area contributed by atoms with Gasteiger partial charge in [0.05, 0.1) is 17.7 Å². The van der Waals surface area contributed by atoms with E-state index in [-0.39, 0.29) is 28.1 Å². The van der Waals surface area contributed by atoms with Crippen molar-refractivity contribution in [1.82, 2.24) is 9.78 Å². The Bertz CT molecular complexity index is 1420. The number of amides is 1. The highest BCUT2D eigenvalue weighted by atomic mass is 32.1. The van der Waals surface area contributed by atoms with Crippen LogP contribution in [0.15, 0.2) is 52.6 Å². The van der Waals surface area contributed by atoms with E-state index in [9.17, 15) is 23.2 Å². The van der Waals surface area contributed by atoms with Crippen molar-refractivity contribution in [3.8, 4) is 5.69 Å². The third kappa shape index (κ3) is 4.12. The van der Waals surface area contributed by atoms with Crippen molar-refractivity contribution in [3.63, 3.8) is 0 Å². The Labute approximate surface area is 190 Å². The molecule has 0 atom stereocenters. The van der Waals surface area contributed by atoms with Crippen LogP contribution in [0.5, 0.6) is 0 Å². The summed E-state index contributed by atoms with van der Waals surface area (Å²) in [5.41, 5.74) is -0.179. The normalized spacial score (nSPS) is 10.9. The van der Waals surface area contributed by atoms with E-state index in [1.165, 1.54) is 5.38 Å². The number of benzene rings is 2. The van der Waals surface area contributed by atoms with Crippen LogP contribution in [-0.2, 0) is 4.74 Å². The number of thiophene rings is 1. The third-order valence-electron chi connectivity index (χ3n) is 4.82. The monoisotopic (exact) mass is 469 g/mol. The van der Waals surface area contributed by atoms with E-state index in [0.29, 0.717) is 5.69 Å². The fourth-order valence-electron chi connectivity index (χ4n) is 3.23. The van der Waals surface area contributed by atoms with Gasteiger partial charge in [0.15, 0.2) is 5.69 Å². The zero-order chi connectivity index (χ0) is 23.7. The molecule has 4 rings (SSSR count). The van der Waals surface area contributed by atoms with Gasteiger partial charge in [-0.2, -0.15) is 9.78 Å². The van der Waals surface area contributed by atoms with Crippen molar-refractivity contribution >= 4 is 39.0 Å². The zero-order valence-corrected chi connectivity index (χ0v) is 18.3. The summed E-state index contributed by atoms with van der Waals surface area (Å²) >= 11 is 0.930. The number of ether oxygens (including phenoxy) is 1. The lowest BCUT2D eigenvalue weighted by Gasteiger charge is -2.10. The molecule has 0 spiro atoms. The summed E-state index contributed by atoms with van der Waals surface area (Å²) in [5, 5.41) is 8.22. The minimum atomic E-state index is -1.06. The number of anilines is 1. The molecular weight excluding hydrogens is 452 g/mol. The van der Waals surface area contributed by atoms with Gasteiger partial charge in [-0.1, -0.05) is 23.8 Å². The predicted octanol–water partition coefficient (Wildman–Crippen LogP) is 4.46. The second kappa shape index (κ2) is 8.91. The summed E-state index contributed by atoms with van der Waals surface area (Å²) in [6.45, 7) is 3.60. The topological polar surface area (TPSA) is 90.3 Å². The van der Waals surface area contributed by atoms with Crippen molar-refractivity contribution in [2.75, 3.05) is 11.9 Å². The second-order valence-electron chi connectivity index (χ2n) is 7.03. The molecule has 2 aromatic heterocycles. The fraction of sp³-hybridized carbons (Fsp3) is 0.130. The Hall–Kier alpha value is -3.92. The van der Waals surface area contributed by atoms with Gasteiger partial charge in [-0.15, -0.1) is 11.3 Å². The summed E-state index contributed by atoms with van der Waals surface area (Å²) in [6.07, 6.45) is 0. The highest BCUT2D eigenvalue weighted by molar-refractivity contribution is 7.16. The van der Waals surface area contributed by atoms with Crippen molar-refractivity contribution < 1.29 is 23.1 Å². The van der Waals surface area contributed by atoms with Gasteiger partial charge in [0.2, 0.25) is 0 Å². The van der Waals surface area contributed by atoms with Crippen LogP contribution in [-0.4, -0.2) is 28.3 Å². The van der Waals surface area contributed by atoms with Crippen molar-refractivity contribution in [2.24, 2.45) is 0 Å². The van der Waals surface area contributed by atoms with Crippen LogP contribution in [0.25, 0.3) is 16.5 Å². The molecule has 1 N–H and O–H groups in total. The molecule has 33 heavy (non-hydrogen) atoms. The molecule has 7 nitrogen and oxygen atoms in total. The first kappa shape index (κ1) is 22.3. The van der Waals surface area contributed by atoms with Crippen LogP contribution in [0.2, 0.25) is 0 Å². The molecule has 0 aliphatic heterocycles. The minimum Gasteiger partial charge on any atom is -0.461 e. The quantitative estimate of drug-likeness (QED) is 0.436. The van der Waals surface area contributed by atoms with Crippen LogP contribution in [0, 0.1) is 18.6 Å². The molecule has 0 fully saturated rings. The molecule has 10 heteroatoms. The smallest absolute Gasteiger partial charge is 0.359 e. The first-order valence-corrected chi connectivity index (χ1v) is 10.7. The predicted molar refractivity (Wildman–Crippen MR) is 120 cm³/mol. The van der Waals surface area contributed by atoms with Crippen LogP contribution >= 0.6 is 11.3 Å². The van der Waals surface area contributed by atoms with E-state index in [2.05, 4.69) is 10.4 Å². The summed E-state index contributed by atoms with van der Waals surface area (Å²) in [6, 6.07) is 9.91. The molecule has 0 radical (unpaired) electrons. The number of nitrogens with zero attached hydrogens (tertiary/aromatic N) is 2. The van der Waals surface area contributed by atoms with Gasteiger partial charge in [-0.3, -0.25) is 9.59 Å². The lowest BCUT2D eigenvalue weighted by atomic mass is 10.1. The molecule has 1 amide bonds. The van der Waals surface area contributed by atoms with E-state index in [1.807, 2.05) is 6.92 Å². The molecule has 168 valence electrons. The molecule has 2 heterocycles. The molecule has 0 saturated carbocycles. The third-order valence-corrected chi connectivity index (χ3v) is 5.71. The number of aryl methyl sites for hydroxylation is 1. The number of nitrogens with one attached hydrogen (secondary N) is 1. The molecular formula is C23H17F2N3O4S. The average molecular weight is 469 g/mol. The maximum Gasteiger partial charge on any atom is 0.359 e. The number of halogens is 2. The van der Waals surface area contributed by atoms with Crippen molar-refractivity contribution in [2.45, 2.75) is 13.8 Å². The Morgan fingerprint density at radius 1 is 1.12 bits per heavy atom. The Kier molecular flexibility index (Phi) is 6.01. The second-order valence-corrected chi connectivity index (χ2v) is 7.91. The van der Waals surface area contributed by atoms with Crippen LogP contribution in [0.3, 0.4) is 0 Å². The van der Waals surface area contributed by atoms with E-state index in [1.54, 1.807) is 31.2 Å². The highest BCUT2D eigenvalue weighted by Gasteiger charge is 2.25. The zero-order valence-electron chi connectivity index (χ0n) is 17.5. The summed E-state index contributed by atoms with van der Waals surface area (Å²) in [5.74, 6) is -3.90. The summed E-state index contributed by atoms with van der Waals surface area (Å²) in [4.78, 5) is 38.5. The van der Waals surface area contributed by atoms with Gasteiger partial charge in [0.1, 0.15) is 22.2 Å². The molecule has 0 aliphatic carbocycles. The van der Waals surface area contributed by atoms with E-state index in [0.717, 1.165) is 39.8 Å². The molecule has 0 bridgehead atoms. The molecule has 0 saturated heterocycles. The number of rotatable bonds is 5. The van der Waals surface area contributed by atoms with Gasteiger partial charge in [0, 0.05) is 10.8 Å². The summed E-state index contributed by atoms with van der Waals surface area (Å²) < 4.78 is 34.2. The largest absolute Gasteiger partial charge is 0.461 e. The van der Waals surface area contributed by atoms with Gasteiger partial charge in [-0.05, 0) is 38.1 Å². The van der Waals surface area contributed by atoms with Crippen LogP contribution < -0.4 is 10.9 Å². The number of carbonyl (C=O) groups is 2. The number of hydrogen-bond acceptors (Lipinski definition) is 6. The molecule has 0 unspecified atom stereocenters. The van der Waals surface area contributed by atoms with Crippen LogP contribution in [0.1, 0.15) is 33.3 Å². The maximum absolute atomic E-state index is 14.1. The van der Waals surface area contributed by atoms with Gasteiger partial charge < -0.3 is 10.1 Å². The number of carbonyl (C=O) groups excluding carboxylic acids is 2. The lowest BCUT2D eigenvalue weighted by Crippen LogP contribution is -2.25. The Balaban J connectivity index is 1.90. The van der Waals surface area contributed by atoms with E-state index >= 15 is 0 Å². The van der Waals surface area contributed by atoms with Gasteiger partial charge in [0.25, 0.3) is 11.5 Å². The van der Waals surface area contributed by atoms with Crippen LogP contribution in [0.4, 0.5) is 13.8 Å². The first-order chi connectivity index (χ1) is 15.8. The number of aromatic nitrogens is 2. The number of hydrogen-bond donors (Lipinski definition) is 1.